The van der Waals surface area contributed by atoms with Gasteiger partial charge in [0, 0.05) is 6.42 Å². The third-order valence-corrected chi connectivity index (χ3v) is 2.39. The van der Waals surface area contributed by atoms with Gasteiger partial charge in [-0.3, -0.25) is 9.59 Å². The van der Waals surface area contributed by atoms with Gasteiger partial charge in [-0.15, -0.1) is 0 Å². The minimum atomic E-state index is -0.572. The quantitative estimate of drug-likeness (QED) is 0.728. The molecule has 0 aliphatic heterocycles. The molecule has 0 aromatic heterocycles. The first kappa shape index (κ1) is 14.2. The molecule has 1 aromatic carbocycles. The van der Waals surface area contributed by atoms with Crippen LogP contribution in [0.2, 0.25) is 0 Å². The van der Waals surface area contributed by atoms with Gasteiger partial charge in [-0.25, -0.2) is 0 Å². The molecule has 0 heterocycles. The molecule has 0 radical (unpaired) electrons. The van der Waals surface area contributed by atoms with Gasteiger partial charge < -0.3 is 9.47 Å². The van der Waals surface area contributed by atoms with Crippen LogP contribution in [-0.4, -0.2) is 18.5 Å². The van der Waals surface area contributed by atoms with Gasteiger partial charge in [0.25, 0.3) is 0 Å². The van der Waals surface area contributed by atoms with E-state index in [1.165, 1.54) is 0 Å². The number of hydrogen-bond donors (Lipinski definition) is 0. The van der Waals surface area contributed by atoms with Gasteiger partial charge in [0.2, 0.25) is 0 Å². The fourth-order valence-electron chi connectivity index (χ4n) is 1.51. The lowest BCUT2D eigenvalue weighted by Crippen LogP contribution is -2.16. The van der Waals surface area contributed by atoms with E-state index in [1.54, 1.807) is 13.8 Å². The minimum Gasteiger partial charge on any atom is -0.466 e. The maximum Gasteiger partial charge on any atom is 0.309 e. The molecule has 4 nitrogen and oxygen atoms in total. The molecule has 1 atom stereocenters. The molecular formula is C14H18O4. The minimum absolute atomic E-state index is 0.0452. The van der Waals surface area contributed by atoms with E-state index in [2.05, 4.69) is 0 Å². The smallest absolute Gasteiger partial charge is 0.309 e. The second kappa shape index (κ2) is 7.48. The molecule has 1 aromatic rings. The summed E-state index contributed by atoms with van der Waals surface area (Å²) >= 11 is 0. The summed E-state index contributed by atoms with van der Waals surface area (Å²) in [7, 11) is 0. The lowest BCUT2D eigenvalue weighted by atomic mass is 10.1. The van der Waals surface area contributed by atoms with E-state index in [-0.39, 0.29) is 24.8 Å². The summed E-state index contributed by atoms with van der Waals surface area (Å²) in [5.74, 6) is -0.691. The van der Waals surface area contributed by atoms with Crippen LogP contribution in [0.4, 0.5) is 0 Å². The molecule has 0 fully saturated rings. The SMILES string of the molecule is CCOC(=O)C[C@H](OC(=O)CC)c1ccccc1. The standard InChI is InChI=1S/C14H18O4/c1-3-13(15)18-12(10-14(16)17-4-2)11-8-6-5-7-9-11/h5-9,12H,3-4,10H2,1-2H3/t12-/m0/s1. The maximum absolute atomic E-state index is 11.5. The topological polar surface area (TPSA) is 52.6 Å². The summed E-state index contributed by atoms with van der Waals surface area (Å²) in [5.41, 5.74) is 0.798. The summed E-state index contributed by atoms with van der Waals surface area (Å²) in [6, 6.07) is 9.20. The Morgan fingerprint density at radius 2 is 1.78 bits per heavy atom. The van der Waals surface area contributed by atoms with E-state index in [0.717, 1.165) is 5.56 Å². The van der Waals surface area contributed by atoms with Crippen LogP contribution in [0.3, 0.4) is 0 Å². The molecule has 98 valence electrons. The Morgan fingerprint density at radius 1 is 1.11 bits per heavy atom. The lowest BCUT2D eigenvalue weighted by molar-refractivity contribution is -0.155. The molecule has 0 amide bonds. The van der Waals surface area contributed by atoms with E-state index in [4.69, 9.17) is 9.47 Å². The van der Waals surface area contributed by atoms with E-state index in [1.807, 2.05) is 30.3 Å². The van der Waals surface area contributed by atoms with Crippen molar-refractivity contribution >= 4 is 11.9 Å². The molecule has 0 saturated heterocycles. The maximum atomic E-state index is 11.5. The average molecular weight is 250 g/mol. The molecule has 0 aliphatic rings. The van der Waals surface area contributed by atoms with Gasteiger partial charge in [-0.1, -0.05) is 37.3 Å². The number of carbonyl (C=O) groups excluding carboxylic acids is 2. The third kappa shape index (κ3) is 4.57. The molecule has 1 rings (SSSR count). The zero-order chi connectivity index (χ0) is 13.4. The van der Waals surface area contributed by atoms with Gasteiger partial charge >= 0.3 is 11.9 Å². The van der Waals surface area contributed by atoms with Crippen molar-refractivity contribution in [2.24, 2.45) is 0 Å². The number of esters is 2. The Labute approximate surface area is 107 Å². The van der Waals surface area contributed by atoms with E-state index in [9.17, 15) is 9.59 Å². The van der Waals surface area contributed by atoms with E-state index < -0.39 is 6.10 Å². The molecule has 18 heavy (non-hydrogen) atoms. The third-order valence-electron chi connectivity index (χ3n) is 2.39. The number of carbonyl (C=O) groups is 2. The van der Waals surface area contributed by atoms with Crippen molar-refractivity contribution in [2.75, 3.05) is 6.61 Å². The second-order valence-electron chi connectivity index (χ2n) is 3.75. The van der Waals surface area contributed by atoms with Crippen molar-refractivity contribution in [3.8, 4) is 0 Å². The monoisotopic (exact) mass is 250 g/mol. The van der Waals surface area contributed by atoms with Gasteiger partial charge in [0.15, 0.2) is 0 Å². The van der Waals surface area contributed by atoms with Crippen LogP contribution in [0, 0.1) is 0 Å². The molecule has 0 saturated carbocycles. The van der Waals surface area contributed by atoms with Crippen LogP contribution in [0.5, 0.6) is 0 Å². The summed E-state index contributed by atoms with van der Waals surface area (Å²) < 4.78 is 10.1. The van der Waals surface area contributed by atoms with Gasteiger partial charge in [-0.05, 0) is 12.5 Å². The lowest BCUT2D eigenvalue weighted by Gasteiger charge is -2.17. The number of hydrogen-bond acceptors (Lipinski definition) is 4. The Bertz CT molecular complexity index is 386. The largest absolute Gasteiger partial charge is 0.466 e. The first-order valence-corrected chi connectivity index (χ1v) is 6.07. The molecular weight excluding hydrogens is 232 g/mol. The van der Waals surface area contributed by atoms with E-state index in [0.29, 0.717) is 6.61 Å². The van der Waals surface area contributed by atoms with Crippen molar-refractivity contribution in [3.05, 3.63) is 35.9 Å². The Hall–Kier alpha value is -1.84. The Kier molecular flexibility index (Phi) is 5.91. The van der Waals surface area contributed by atoms with Crippen LogP contribution in [-0.2, 0) is 19.1 Å². The summed E-state index contributed by atoms with van der Waals surface area (Å²) in [5, 5.41) is 0. The highest BCUT2D eigenvalue weighted by atomic mass is 16.6. The molecule has 0 N–H and O–H groups in total. The highest BCUT2D eigenvalue weighted by Gasteiger charge is 2.20. The van der Waals surface area contributed by atoms with Crippen molar-refractivity contribution < 1.29 is 19.1 Å². The van der Waals surface area contributed by atoms with Crippen LogP contribution in [0.15, 0.2) is 30.3 Å². The Balaban J connectivity index is 2.75. The average Bonchev–Trinajstić information content (AvgIpc) is 2.39. The van der Waals surface area contributed by atoms with Crippen LogP contribution >= 0.6 is 0 Å². The highest BCUT2D eigenvalue weighted by molar-refractivity contribution is 5.72. The predicted molar refractivity (Wildman–Crippen MR) is 66.8 cm³/mol. The molecule has 0 spiro atoms. The summed E-state index contributed by atoms with van der Waals surface area (Å²) in [6.45, 7) is 3.78. The number of rotatable bonds is 6. The zero-order valence-electron chi connectivity index (χ0n) is 10.7. The van der Waals surface area contributed by atoms with Crippen LogP contribution < -0.4 is 0 Å². The summed E-state index contributed by atoms with van der Waals surface area (Å²) in [6.07, 6.45) is -0.242. The fourth-order valence-corrected chi connectivity index (χ4v) is 1.51. The van der Waals surface area contributed by atoms with Crippen molar-refractivity contribution in [2.45, 2.75) is 32.8 Å². The first-order chi connectivity index (χ1) is 8.67. The van der Waals surface area contributed by atoms with Crippen LogP contribution in [0.25, 0.3) is 0 Å². The van der Waals surface area contributed by atoms with E-state index >= 15 is 0 Å². The van der Waals surface area contributed by atoms with Gasteiger partial charge in [0.1, 0.15) is 6.10 Å². The van der Waals surface area contributed by atoms with Crippen molar-refractivity contribution in [1.29, 1.82) is 0 Å². The van der Waals surface area contributed by atoms with Crippen molar-refractivity contribution in [3.63, 3.8) is 0 Å². The molecule has 0 unspecified atom stereocenters. The number of ether oxygens (including phenoxy) is 2. The van der Waals surface area contributed by atoms with Gasteiger partial charge in [-0.2, -0.15) is 0 Å². The first-order valence-electron chi connectivity index (χ1n) is 6.07. The molecule has 4 heteroatoms. The summed E-state index contributed by atoms with van der Waals surface area (Å²) in [4.78, 5) is 22.8. The van der Waals surface area contributed by atoms with Crippen LogP contribution in [0.1, 0.15) is 38.4 Å². The second-order valence-corrected chi connectivity index (χ2v) is 3.75. The highest BCUT2D eigenvalue weighted by Crippen LogP contribution is 2.22. The molecule has 0 bridgehead atoms. The molecule has 0 aliphatic carbocycles. The predicted octanol–water partition coefficient (Wildman–Crippen LogP) is 2.63. The Morgan fingerprint density at radius 3 is 2.33 bits per heavy atom. The fraction of sp³-hybridized carbons (Fsp3) is 0.429. The normalized spacial score (nSPS) is 11.7. The number of benzene rings is 1. The van der Waals surface area contributed by atoms with Crippen molar-refractivity contribution in [1.82, 2.24) is 0 Å². The zero-order valence-corrected chi connectivity index (χ0v) is 10.7. The van der Waals surface area contributed by atoms with Gasteiger partial charge in [0.05, 0.1) is 13.0 Å².